The number of hydrogen-bond donors (Lipinski definition) is 2. The molecule has 1 heterocycles. The van der Waals surface area contributed by atoms with E-state index < -0.39 is 0 Å². The van der Waals surface area contributed by atoms with Gasteiger partial charge in [0.05, 0.1) is 6.10 Å². The van der Waals surface area contributed by atoms with E-state index >= 15 is 0 Å². The van der Waals surface area contributed by atoms with Crippen LogP contribution in [0.15, 0.2) is 12.4 Å². The van der Waals surface area contributed by atoms with Crippen LogP contribution in [0.25, 0.3) is 0 Å². The smallest absolute Gasteiger partial charge is 0.108 e. The van der Waals surface area contributed by atoms with E-state index in [1.807, 2.05) is 6.20 Å². The fourth-order valence-electron chi connectivity index (χ4n) is 3.36. The van der Waals surface area contributed by atoms with Gasteiger partial charge in [0.15, 0.2) is 0 Å². The summed E-state index contributed by atoms with van der Waals surface area (Å²) < 4.78 is 0. The van der Waals surface area contributed by atoms with Crippen LogP contribution in [0.5, 0.6) is 0 Å². The van der Waals surface area contributed by atoms with Crippen LogP contribution in [0.4, 0.5) is 0 Å². The third-order valence-corrected chi connectivity index (χ3v) is 4.12. The third kappa shape index (κ3) is 1.69. The number of aromatic nitrogens is 2. The summed E-state index contributed by atoms with van der Waals surface area (Å²) >= 11 is 0. The summed E-state index contributed by atoms with van der Waals surface area (Å²) in [5, 5.41) is 10.1. The van der Waals surface area contributed by atoms with Crippen LogP contribution in [-0.4, -0.2) is 21.2 Å². The Bertz CT molecular complexity index is 310. The van der Waals surface area contributed by atoms with Crippen molar-refractivity contribution in [1.82, 2.24) is 9.97 Å². The molecule has 2 N–H and O–H groups in total. The molecule has 2 aliphatic rings. The number of rotatable bonds is 3. The van der Waals surface area contributed by atoms with Gasteiger partial charge < -0.3 is 10.1 Å². The molecule has 0 aliphatic heterocycles. The molecule has 3 heteroatoms. The van der Waals surface area contributed by atoms with Crippen molar-refractivity contribution < 1.29 is 5.11 Å². The Morgan fingerprint density at radius 1 is 1.40 bits per heavy atom. The van der Waals surface area contributed by atoms with E-state index in [0.29, 0.717) is 12.3 Å². The molecular weight excluding hydrogens is 188 g/mol. The number of nitrogens with one attached hydrogen (secondary N) is 1. The molecule has 2 saturated carbocycles. The Morgan fingerprint density at radius 2 is 2.13 bits per heavy atom. The van der Waals surface area contributed by atoms with Gasteiger partial charge >= 0.3 is 0 Å². The molecule has 0 radical (unpaired) electrons. The molecule has 3 rings (SSSR count). The highest BCUT2D eigenvalue weighted by Crippen LogP contribution is 2.57. The second-order valence-electron chi connectivity index (χ2n) is 5.00. The van der Waals surface area contributed by atoms with Gasteiger partial charge in [0.25, 0.3) is 0 Å². The fraction of sp³-hybridized carbons (Fsp3) is 0.750. The number of aromatic amines is 1. The summed E-state index contributed by atoms with van der Waals surface area (Å²) in [6.07, 6.45) is 9.50. The van der Waals surface area contributed by atoms with Gasteiger partial charge in [0, 0.05) is 18.8 Å². The predicted molar refractivity (Wildman–Crippen MR) is 57.2 cm³/mol. The number of fused-ring (bicyclic) bond motifs is 1. The van der Waals surface area contributed by atoms with E-state index in [2.05, 4.69) is 9.97 Å². The number of aliphatic hydroxyl groups excluding tert-OH is 1. The quantitative estimate of drug-likeness (QED) is 0.791. The van der Waals surface area contributed by atoms with Gasteiger partial charge in [-0.15, -0.1) is 0 Å². The Labute approximate surface area is 89.9 Å². The van der Waals surface area contributed by atoms with Crippen LogP contribution in [0.1, 0.15) is 31.5 Å². The maximum atomic E-state index is 10.1. The van der Waals surface area contributed by atoms with Gasteiger partial charge in [-0.3, -0.25) is 0 Å². The van der Waals surface area contributed by atoms with Crippen molar-refractivity contribution in [3.63, 3.8) is 0 Å². The van der Waals surface area contributed by atoms with Crippen molar-refractivity contribution in [3.8, 4) is 0 Å². The Balaban J connectivity index is 1.59. The van der Waals surface area contributed by atoms with Gasteiger partial charge in [0.1, 0.15) is 5.82 Å². The van der Waals surface area contributed by atoms with Gasteiger partial charge in [-0.25, -0.2) is 4.98 Å². The molecule has 15 heavy (non-hydrogen) atoms. The van der Waals surface area contributed by atoms with Crippen molar-refractivity contribution >= 4 is 0 Å². The van der Waals surface area contributed by atoms with E-state index in [4.69, 9.17) is 0 Å². The van der Waals surface area contributed by atoms with E-state index in [1.54, 1.807) is 6.20 Å². The lowest BCUT2D eigenvalue weighted by Gasteiger charge is -2.07. The highest BCUT2D eigenvalue weighted by atomic mass is 16.3. The Kier molecular flexibility index (Phi) is 2.28. The molecule has 82 valence electrons. The molecule has 2 aliphatic carbocycles. The number of imidazole rings is 1. The van der Waals surface area contributed by atoms with Crippen LogP contribution in [0, 0.1) is 17.8 Å². The minimum Gasteiger partial charge on any atom is -0.392 e. The zero-order valence-electron chi connectivity index (χ0n) is 8.89. The molecule has 2 fully saturated rings. The van der Waals surface area contributed by atoms with Crippen molar-refractivity contribution in [2.24, 2.45) is 17.8 Å². The van der Waals surface area contributed by atoms with E-state index in [0.717, 1.165) is 17.7 Å². The first-order valence-corrected chi connectivity index (χ1v) is 6.02. The van der Waals surface area contributed by atoms with Gasteiger partial charge in [-0.05, 0) is 30.6 Å². The summed E-state index contributed by atoms with van der Waals surface area (Å²) in [5.41, 5.74) is 0. The second kappa shape index (κ2) is 3.63. The highest BCUT2D eigenvalue weighted by molar-refractivity contribution is 5.04. The van der Waals surface area contributed by atoms with Crippen molar-refractivity contribution in [1.29, 1.82) is 0 Å². The van der Waals surface area contributed by atoms with Crippen LogP contribution in [0.2, 0.25) is 0 Å². The van der Waals surface area contributed by atoms with E-state index in [1.165, 1.54) is 25.7 Å². The fourth-order valence-corrected chi connectivity index (χ4v) is 3.36. The molecule has 3 nitrogen and oxygen atoms in total. The van der Waals surface area contributed by atoms with Crippen molar-refractivity contribution in [2.45, 2.75) is 38.2 Å². The van der Waals surface area contributed by atoms with E-state index in [-0.39, 0.29) is 6.10 Å². The third-order valence-electron chi connectivity index (χ3n) is 4.12. The maximum absolute atomic E-state index is 10.1. The standard InChI is InChI=1S/C12H18N2O/c15-10(7-11-13-5-6-14-11)12-8-3-1-2-4-9(8)12/h5-6,8-10,12,15H,1-4,7H2,(H,13,14). The Hall–Kier alpha value is -0.830. The lowest BCUT2D eigenvalue weighted by Crippen LogP contribution is -2.15. The second-order valence-corrected chi connectivity index (χ2v) is 5.00. The van der Waals surface area contributed by atoms with Crippen molar-refractivity contribution in [3.05, 3.63) is 18.2 Å². The van der Waals surface area contributed by atoms with Gasteiger partial charge in [-0.2, -0.15) is 0 Å². The summed E-state index contributed by atoms with van der Waals surface area (Å²) in [6.45, 7) is 0. The average Bonchev–Trinajstić information content (AvgIpc) is 2.77. The average molecular weight is 206 g/mol. The molecule has 0 bridgehead atoms. The predicted octanol–water partition coefficient (Wildman–Crippen LogP) is 1.75. The summed E-state index contributed by atoms with van der Waals surface area (Å²) in [7, 11) is 0. The summed E-state index contributed by atoms with van der Waals surface area (Å²) in [4.78, 5) is 7.23. The molecule has 0 aromatic carbocycles. The maximum Gasteiger partial charge on any atom is 0.108 e. The molecule has 3 atom stereocenters. The molecular formula is C12H18N2O. The number of aliphatic hydroxyl groups is 1. The number of H-pyrrole nitrogens is 1. The zero-order chi connectivity index (χ0) is 10.3. The summed E-state index contributed by atoms with van der Waals surface area (Å²) in [6, 6.07) is 0. The molecule has 3 unspecified atom stereocenters. The van der Waals surface area contributed by atoms with Crippen LogP contribution in [0.3, 0.4) is 0 Å². The Morgan fingerprint density at radius 3 is 2.73 bits per heavy atom. The molecule has 0 amide bonds. The number of hydrogen-bond acceptors (Lipinski definition) is 2. The first-order chi connectivity index (χ1) is 7.36. The van der Waals surface area contributed by atoms with Crippen LogP contribution >= 0.6 is 0 Å². The van der Waals surface area contributed by atoms with Gasteiger partial charge in [-0.1, -0.05) is 12.8 Å². The largest absolute Gasteiger partial charge is 0.392 e. The number of nitrogens with zero attached hydrogens (tertiary/aromatic N) is 1. The summed E-state index contributed by atoms with van der Waals surface area (Å²) in [5.74, 6) is 3.14. The van der Waals surface area contributed by atoms with Gasteiger partial charge in [0.2, 0.25) is 0 Å². The first-order valence-electron chi connectivity index (χ1n) is 6.02. The van der Waals surface area contributed by atoms with Crippen LogP contribution < -0.4 is 0 Å². The first kappa shape index (κ1) is 9.40. The normalized spacial score (nSPS) is 35.9. The SMILES string of the molecule is OC(Cc1ncc[nH]1)C1C2CCCCC21. The lowest BCUT2D eigenvalue weighted by molar-refractivity contribution is 0.138. The zero-order valence-corrected chi connectivity index (χ0v) is 8.89. The minimum atomic E-state index is -0.177. The lowest BCUT2D eigenvalue weighted by atomic mass is 10.0. The topological polar surface area (TPSA) is 48.9 Å². The molecule has 1 aromatic heterocycles. The van der Waals surface area contributed by atoms with Crippen molar-refractivity contribution in [2.75, 3.05) is 0 Å². The minimum absolute atomic E-state index is 0.177. The molecule has 0 spiro atoms. The highest BCUT2D eigenvalue weighted by Gasteiger charge is 2.53. The van der Waals surface area contributed by atoms with Crippen LogP contribution in [-0.2, 0) is 6.42 Å². The monoisotopic (exact) mass is 206 g/mol. The van der Waals surface area contributed by atoms with E-state index in [9.17, 15) is 5.11 Å². The molecule has 1 aromatic rings. The molecule has 0 saturated heterocycles.